The predicted octanol–water partition coefficient (Wildman–Crippen LogP) is 21.1. The third kappa shape index (κ3) is 8.96. The summed E-state index contributed by atoms with van der Waals surface area (Å²) in [7, 11) is 0. The van der Waals surface area contributed by atoms with Crippen LogP contribution in [0.25, 0.3) is 154 Å². The van der Waals surface area contributed by atoms with E-state index in [4.69, 9.17) is 19.4 Å². The largest absolute Gasteiger partial charge is 0.455 e. The summed E-state index contributed by atoms with van der Waals surface area (Å²) in [5.41, 5.74) is 21.6. The van der Waals surface area contributed by atoms with E-state index in [1.165, 1.54) is 53.6 Å². The lowest BCUT2D eigenvalue weighted by atomic mass is 9.92. The lowest BCUT2D eigenvalue weighted by molar-refractivity contribution is 0.670. The number of rotatable bonds is 10. The molecule has 380 valence electrons. The molecule has 0 N–H and O–H groups in total. The first-order chi connectivity index (χ1) is 40.0. The number of furan rings is 1. The van der Waals surface area contributed by atoms with E-state index < -0.39 is 0 Å². The van der Waals surface area contributed by atoms with Crippen molar-refractivity contribution in [3.8, 4) is 112 Å². The number of aryl methyl sites for hydroxylation is 1. The van der Waals surface area contributed by atoms with E-state index in [1.807, 2.05) is 23.5 Å². The van der Waals surface area contributed by atoms with Gasteiger partial charge in [-0.15, -0.1) is 11.3 Å². The molecule has 15 aromatic rings. The number of para-hydroxylation sites is 2. The topological polar surface area (TPSA) is 51.8 Å². The highest BCUT2D eigenvalue weighted by atomic mass is 32.1. The van der Waals surface area contributed by atoms with Gasteiger partial charge < -0.3 is 4.42 Å². The Morgan fingerprint density at radius 1 is 0.272 bits per heavy atom. The summed E-state index contributed by atoms with van der Waals surface area (Å²) in [5.74, 6) is 1.79. The highest BCUT2D eigenvalue weighted by Gasteiger charge is 2.18. The zero-order chi connectivity index (χ0) is 53.8. The van der Waals surface area contributed by atoms with Crippen LogP contribution in [-0.2, 0) is 0 Å². The van der Waals surface area contributed by atoms with Crippen molar-refractivity contribution in [3.05, 3.63) is 285 Å². The first-order valence-corrected chi connectivity index (χ1v) is 28.2. The van der Waals surface area contributed by atoms with Gasteiger partial charge >= 0.3 is 0 Å². The Morgan fingerprint density at radius 2 is 0.704 bits per heavy atom. The fourth-order valence-corrected chi connectivity index (χ4v) is 12.9. The Labute approximate surface area is 473 Å². The van der Waals surface area contributed by atoms with Crippen molar-refractivity contribution >= 4 is 53.4 Å². The van der Waals surface area contributed by atoms with Crippen LogP contribution in [0.3, 0.4) is 0 Å². The minimum atomic E-state index is 0.594. The Balaban J connectivity index is 0.815. The van der Waals surface area contributed by atoms with Crippen molar-refractivity contribution in [1.29, 1.82) is 0 Å². The van der Waals surface area contributed by atoms with Crippen molar-refractivity contribution in [2.45, 2.75) is 6.92 Å². The number of thiophene rings is 1. The molecular formula is C76H49N3OS. The van der Waals surface area contributed by atoms with Crippen LogP contribution in [0.2, 0.25) is 0 Å². The van der Waals surface area contributed by atoms with Crippen LogP contribution in [0.1, 0.15) is 5.56 Å². The summed E-state index contributed by atoms with van der Waals surface area (Å²) >= 11 is 1.86. The molecule has 0 amide bonds. The molecule has 0 radical (unpaired) electrons. The summed E-state index contributed by atoms with van der Waals surface area (Å²) < 4.78 is 9.09. The number of hydrogen-bond donors (Lipinski definition) is 0. The zero-order valence-electron chi connectivity index (χ0n) is 44.2. The summed E-state index contributed by atoms with van der Waals surface area (Å²) in [6.45, 7) is 2.16. The summed E-state index contributed by atoms with van der Waals surface area (Å²) in [5, 5.41) is 4.83. The van der Waals surface area contributed by atoms with Crippen LogP contribution < -0.4 is 0 Å². The van der Waals surface area contributed by atoms with Crippen molar-refractivity contribution < 1.29 is 4.42 Å². The number of aromatic nitrogens is 3. The maximum Gasteiger partial charge on any atom is 0.164 e. The monoisotopic (exact) mass is 1050 g/mol. The molecule has 81 heavy (non-hydrogen) atoms. The molecule has 0 atom stereocenters. The van der Waals surface area contributed by atoms with E-state index in [0.717, 1.165) is 88.7 Å². The molecular weight excluding hydrogens is 1000 g/mol. The van der Waals surface area contributed by atoms with Crippen molar-refractivity contribution in [2.75, 3.05) is 0 Å². The predicted molar refractivity (Wildman–Crippen MR) is 339 cm³/mol. The molecule has 0 bridgehead atoms. The second-order valence-corrected chi connectivity index (χ2v) is 21.8. The van der Waals surface area contributed by atoms with E-state index >= 15 is 0 Å². The van der Waals surface area contributed by atoms with Crippen molar-refractivity contribution in [2.24, 2.45) is 0 Å². The average molecular weight is 1050 g/mol. The molecule has 0 spiro atoms. The number of benzene rings is 12. The average Bonchev–Trinajstić information content (AvgIpc) is 4.18. The standard InChI is InChI=1S/C76H49N3OS/c1-48-41-60(47-61(42-48)64-31-15-33-68-66-29-7-9-35-70(66)80-72(64)68)49-37-39-51(40-38-49)74-77-75(58-25-13-21-54(45-58)52-19-11-23-56(43-52)63-28-6-5-27-62(63)50-17-3-2-4-18-50)79-76(78-74)59-26-14-22-55(46-59)53-20-12-24-57(44-53)65-32-16-34-69-67-30-8-10-36-71(67)81-73(65)69/h2-47H,1H3. The van der Waals surface area contributed by atoms with Crippen LogP contribution in [0.15, 0.2) is 283 Å². The molecule has 0 saturated heterocycles. The van der Waals surface area contributed by atoms with Gasteiger partial charge in [0.2, 0.25) is 0 Å². The van der Waals surface area contributed by atoms with Gasteiger partial charge in [0.15, 0.2) is 17.5 Å². The fourth-order valence-electron chi connectivity index (χ4n) is 11.6. The molecule has 0 saturated carbocycles. The van der Waals surface area contributed by atoms with Gasteiger partial charge in [-0.3, -0.25) is 0 Å². The summed E-state index contributed by atoms with van der Waals surface area (Å²) in [4.78, 5) is 15.9. The van der Waals surface area contributed by atoms with Crippen LogP contribution >= 0.6 is 11.3 Å². The highest BCUT2D eigenvalue weighted by molar-refractivity contribution is 7.26. The van der Waals surface area contributed by atoms with E-state index in [-0.39, 0.29) is 0 Å². The SMILES string of the molecule is Cc1cc(-c2ccc(-c3nc(-c4cccc(-c5cccc(-c6ccccc6-c6ccccc6)c5)c4)nc(-c4cccc(-c5cccc(-c6cccc7c6sc6ccccc67)c5)c4)n3)cc2)cc(-c2cccc3c2oc2ccccc23)c1. The van der Waals surface area contributed by atoms with Gasteiger partial charge in [0.05, 0.1) is 0 Å². The maximum absolute atomic E-state index is 6.49. The molecule has 0 aliphatic carbocycles. The minimum Gasteiger partial charge on any atom is -0.455 e. The van der Waals surface area contributed by atoms with E-state index in [9.17, 15) is 0 Å². The van der Waals surface area contributed by atoms with Crippen LogP contribution in [-0.4, -0.2) is 15.0 Å². The third-order valence-electron chi connectivity index (χ3n) is 15.6. The van der Waals surface area contributed by atoms with Gasteiger partial charge in [-0.2, -0.15) is 0 Å². The third-order valence-corrected chi connectivity index (χ3v) is 16.8. The molecule has 0 aliphatic heterocycles. The molecule has 4 nitrogen and oxygen atoms in total. The van der Waals surface area contributed by atoms with Gasteiger partial charge in [0.25, 0.3) is 0 Å². The molecule has 3 aromatic heterocycles. The van der Waals surface area contributed by atoms with E-state index in [1.54, 1.807) is 0 Å². The minimum absolute atomic E-state index is 0.594. The van der Waals surface area contributed by atoms with E-state index in [0.29, 0.717) is 17.5 Å². The zero-order valence-corrected chi connectivity index (χ0v) is 45.0. The lowest BCUT2D eigenvalue weighted by Gasteiger charge is -2.13. The molecule has 5 heteroatoms. The normalized spacial score (nSPS) is 11.5. The molecule has 0 unspecified atom stereocenters. The van der Waals surface area contributed by atoms with E-state index in [2.05, 4.69) is 274 Å². The molecule has 3 heterocycles. The van der Waals surface area contributed by atoms with Gasteiger partial charge in [-0.25, -0.2) is 15.0 Å². The van der Waals surface area contributed by atoms with Crippen LogP contribution in [0.4, 0.5) is 0 Å². The second-order valence-electron chi connectivity index (χ2n) is 20.8. The maximum atomic E-state index is 6.49. The second kappa shape index (κ2) is 20.2. The molecule has 15 rings (SSSR count). The fraction of sp³-hybridized carbons (Fsp3) is 0.0132. The molecule has 0 aliphatic rings. The number of nitrogens with zero attached hydrogens (tertiary/aromatic N) is 3. The van der Waals surface area contributed by atoms with Crippen LogP contribution in [0.5, 0.6) is 0 Å². The van der Waals surface area contributed by atoms with Crippen LogP contribution in [0, 0.1) is 6.92 Å². The van der Waals surface area contributed by atoms with Gasteiger partial charge in [0, 0.05) is 53.2 Å². The van der Waals surface area contributed by atoms with Crippen molar-refractivity contribution in [1.82, 2.24) is 15.0 Å². The first kappa shape index (κ1) is 47.8. The molecule has 0 fully saturated rings. The van der Waals surface area contributed by atoms with Gasteiger partial charge in [-0.05, 0) is 127 Å². The Morgan fingerprint density at radius 3 is 1.38 bits per heavy atom. The summed E-state index contributed by atoms with van der Waals surface area (Å²) in [6.07, 6.45) is 0. The quantitative estimate of drug-likeness (QED) is 0.137. The number of fused-ring (bicyclic) bond motifs is 6. The van der Waals surface area contributed by atoms with Gasteiger partial charge in [-0.1, -0.05) is 237 Å². The molecule has 12 aromatic carbocycles. The highest BCUT2D eigenvalue weighted by Crippen LogP contribution is 2.43. The van der Waals surface area contributed by atoms with Gasteiger partial charge in [0.1, 0.15) is 11.2 Å². The Bertz CT molecular complexity index is 4900. The Hall–Kier alpha value is -10.3. The smallest absolute Gasteiger partial charge is 0.164 e. The summed E-state index contributed by atoms with van der Waals surface area (Å²) in [6, 6.07) is 99.5. The first-order valence-electron chi connectivity index (χ1n) is 27.4. The van der Waals surface area contributed by atoms with Crippen molar-refractivity contribution in [3.63, 3.8) is 0 Å². The Kier molecular flexibility index (Phi) is 11.9. The lowest BCUT2D eigenvalue weighted by Crippen LogP contribution is -2.00. The number of hydrogen-bond acceptors (Lipinski definition) is 5.